The molecule has 0 spiro atoms. The summed E-state index contributed by atoms with van der Waals surface area (Å²) in [6, 6.07) is 5.00. The molecule has 2 aromatic heterocycles. The standard InChI is InChI=1S/C15H16N6O4/c1-20-10-12(21(2)15(24)18-13(10)23)17-14(20)19-16-7-8-5-4-6-9(25-3)11(8)22/h4-7,22H,1-3H3,(H,17,19)(H,18,23,24). The Morgan fingerprint density at radius 2 is 2.08 bits per heavy atom. The Morgan fingerprint density at radius 1 is 1.32 bits per heavy atom. The molecule has 0 aliphatic rings. The summed E-state index contributed by atoms with van der Waals surface area (Å²) in [4.78, 5) is 30.0. The van der Waals surface area contributed by atoms with E-state index in [4.69, 9.17) is 4.74 Å². The lowest BCUT2D eigenvalue weighted by Gasteiger charge is -2.05. The number of ether oxygens (including phenoxy) is 1. The van der Waals surface area contributed by atoms with Gasteiger partial charge in [0.1, 0.15) is 0 Å². The van der Waals surface area contributed by atoms with E-state index in [-0.39, 0.29) is 22.9 Å². The number of hydrazone groups is 1. The number of hydrogen-bond donors (Lipinski definition) is 3. The van der Waals surface area contributed by atoms with E-state index in [0.717, 1.165) is 0 Å². The number of fused-ring (bicyclic) bond motifs is 1. The number of nitrogens with one attached hydrogen (secondary N) is 2. The molecule has 25 heavy (non-hydrogen) atoms. The molecule has 0 unspecified atom stereocenters. The Kier molecular flexibility index (Phi) is 4.01. The predicted molar refractivity (Wildman–Crippen MR) is 92.5 cm³/mol. The molecular weight excluding hydrogens is 328 g/mol. The quantitative estimate of drug-likeness (QED) is 0.456. The number of phenols is 1. The van der Waals surface area contributed by atoms with Gasteiger partial charge >= 0.3 is 5.69 Å². The van der Waals surface area contributed by atoms with E-state index in [0.29, 0.717) is 11.3 Å². The Balaban J connectivity index is 1.96. The smallest absolute Gasteiger partial charge is 0.329 e. The summed E-state index contributed by atoms with van der Waals surface area (Å²) in [5.74, 6) is 0.549. The number of methoxy groups -OCH3 is 1. The number of imidazole rings is 1. The number of anilines is 1. The van der Waals surface area contributed by atoms with Crippen LogP contribution in [0.4, 0.5) is 5.95 Å². The number of benzene rings is 1. The number of rotatable bonds is 4. The Hall–Kier alpha value is -3.56. The molecule has 3 N–H and O–H groups in total. The van der Waals surface area contributed by atoms with Crippen LogP contribution in [-0.4, -0.2) is 37.5 Å². The molecule has 0 atom stereocenters. The number of nitrogens with zero attached hydrogens (tertiary/aromatic N) is 4. The van der Waals surface area contributed by atoms with Crippen LogP contribution in [-0.2, 0) is 14.1 Å². The van der Waals surface area contributed by atoms with E-state index in [2.05, 4.69) is 20.5 Å². The predicted octanol–water partition coefficient (Wildman–Crippen LogP) is 0.120. The van der Waals surface area contributed by atoms with Gasteiger partial charge in [-0.3, -0.25) is 14.3 Å². The SMILES string of the molecule is COc1cccc(C=NNc2nc3c(c(=O)[nH]c(=O)n3C)n2C)c1O. The molecular formula is C15H16N6O4. The third-order valence-corrected chi connectivity index (χ3v) is 3.75. The fraction of sp³-hybridized carbons (Fsp3) is 0.200. The van der Waals surface area contributed by atoms with Gasteiger partial charge in [0.15, 0.2) is 22.7 Å². The zero-order valence-electron chi connectivity index (χ0n) is 13.8. The largest absolute Gasteiger partial charge is 0.504 e. The molecule has 3 rings (SSSR count). The summed E-state index contributed by atoms with van der Waals surface area (Å²) in [5, 5.41) is 14.0. The van der Waals surface area contributed by atoms with Crippen molar-refractivity contribution in [2.45, 2.75) is 0 Å². The van der Waals surface area contributed by atoms with E-state index in [1.54, 1.807) is 25.2 Å². The van der Waals surface area contributed by atoms with E-state index >= 15 is 0 Å². The zero-order chi connectivity index (χ0) is 18.1. The van der Waals surface area contributed by atoms with Gasteiger partial charge in [0.2, 0.25) is 5.95 Å². The molecule has 0 bridgehead atoms. The number of hydrogen-bond acceptors (Lipinski definition) is 7. The lowest BCUT2D eigenvalue weighted by atomic mass is 10.2. The first-order valence-electron chi connectivity index (χ1n) is 7.24. The van der Waals surface area contributed by atoms with Gasteiger partial charge < -0.3 is 14.4 Å². The van der Waals surface area contributed by atoms with E-state index in [9.17, 15) is 14.7 Å². The average molecular weight is 344 g/mol. The van der Waals surface area contributed by atoms with Crippen LogP contribution in [0.25, 0.3) is 11.2 Å². The lowest BCUT2D eigenvalue weighted by Crippen LogP contribution is -2.29. The molecule has 3 aromatic rings. The number of aryl methyl sites for hydroxylation is 2. The van der Waals surface area contributed by atoms with Crippen molar-refractivity contribution in [3.05, 3.63) is 44.6 Å². The van der Waals surface area contributed by atoms with Crippen LogP contribution in [0.15, 0.2) is 32.9 Å². The lowest BCUT2D eigenvalue weighted by molar-refractivity contribution is 0.373. The van der Waals surface area contributed by atoms with Gasteiger partial charge in [-0.1, -0.05) is 6.07 Å². The molecule has 2 heterocycles. The highest BCUT2D eigenvalue weighted by molar-refractivity contribution is 5.85. The zero-order valence-corrected chi connectivity index (χ0v) is 13.8. The van der Waals surface area contributed by atoms with Crippen LogP contribution in [0.2, 0.25) is 0 Å². The normalized spacial score (nSPS) is 11.3. The highest BCUT2D eigenvalue weighted by Gasteiger charge is 2.14. The van der Waals surface area contributed by atoms with Gasteiger partial charge in [0.25, 0.3) is 5.56 Å². The minimum Gasteiger partial charge on any atom is -0.504 e. The summed E-state index contributed by atoms with van der Waals surface area (Å²) >= 11 is 0. The molecule has 130 valence electrons. The molecule has 1 aromatic carbocycles. The van der Waals surface area contributed by atoms with Gasteiger partial charge in [0.05, 0.1) is 13.3 Å². The fourth-order valence-corrected chi connectivity index (χ4v) is 2.38. The highest BCUT2D eigenvalue weighted by atomic mass is 16.5. The van der Waals surface area contributed by atoms with E-state index in [1.807, 2.05) is 0 Å². The van der Waals surface area contributed by atoms with Gasteiger partial charge in [-0.25, -0.2) is 10.2 Å². The van der Waals surface area contributed by atoms with Gasteiger partial charge in [-0.05, 0) is 12.1 Å². The van der Waals surface area contributed by atoms with Crippen molar-refractivity contribution in [1.29, 1.82) is 0 Å². The monoisotopic (exact) mass is 344 g/mol. The maximum atomic E-state index is 12.0. The third-order valence-electron chi connectivity index (χ3n) is 3.75. The first-order chi connectivity index (χ1) is 11.9. The first kappa shape index (κ1) is 16.3. The van der Waals surface area contributed by atoms with E-state index < -0.39 is 11.2 Å². The van der Waals surface area contributed by atoms with Crippen molar-refractivity contribution in [2.75, 3.05) is 12.5 Å². The molecule has 0 radical (unpaired) electrons. The molecule has 0 aliphatic carbocycles. The van der Waals surface area contributed by atoms with Crippen LogP contribution >= 0.6 is 0 Å². The first-order valence-corrected chi connectivity index (χ1v) is 7.24. The molecule has 10 heteroatoms. The maximum absolute atomic E-state index is 12.0. The number of H-pyrrole nitrogens is 1. The van der Waals surface area contributed by atoms with Crippen molar-refractivity contribution in [3.8, 4) is 11.5 Å². The highest BCUT2D eigenvalue weighted by Crippen LogP contribution is 2.28. The summed E-state index contributed by atoms with van der Waals surface area (Å²) in [6.07, 6.45) is 1.39. The van der Waals surface area contributed by atoms with Crippen molar-refractivity contribution in [3.63, 3.8) is 0 Å². The topological polar surface area (TPSA) is 127 Å². The minimum atomic E-state index is -0.549. The van der Waals surface area contributed by atoms with Crippen molar-refractivity contribution in [2.24, 2.45) is 19.2 Å². The summed E-state index contributed by atoms with van der Waals surface area (Å²) < 4.78 is 7.75. The van der Waals surface area contributed by atoms with Crippen LogP contribution < -0.4 is 21.4 Å². The molecule has 0 aliphatic heterocycles. The van der Waals surface area contributed by atoms with Crippen LogP contribution in [0.1, 0.15) is 5.56 Å². The van der Waals surface area contributed by atoms with Crippen LogP contribution in [0.3, 0.4) is 0 Å². The van der Waals surface area contributed by atoms with Gasteiger partial charge in [-0.2, -0.15) is 10.1 Å². The Bertz CT molecular complexity index is 1090. The Morgan fingerprint density at radius 3 is 2.80 bits per heavy atom. The summed E-state index contributed by atoms with van der Waals surface area (Å²) in [5.41, 5.74) is 2.52. The minimum absolute atomic E-state index is 0.0422. The van der Waals surface area contributed by atoms with Crippen LogP contribution in [0, 0.1) is 0 Å². The molecule has 10 nitrogen and oxygen atoms in total. The van der Waals surface area contributed by atoms with Gasteiger partial charge in [-0.15, -0.1) is 0 Å². The Labute approximate surface area is 141 Å². The van der Waals surface area contributed by atoms with Gasteiger partial charge in [0, 0.05) is 19.7 Å². The second-order valence-corrected chi connectivity index (χ2v) is 5.25. The number of aromatic hydroxyl groups is 1. The summed E-state index contributed by atoms with van der Waals surface area (Å²) in [7, 11) is 4.58. The molecule has 0 saturated heterocycles. The van der Waals surface area contributed by atoms with Crippen molar-refractivity contribution in [1.82, 2.24) is 19.1 Å². The number of phenolic OH excluding ortho intramolecular Hbond substituents is 1. The number of aromatic nitrogens is 4. The molecule has 0 saturated carbocycles. The summed E-state index contributed by atoms with van der Waals surface area (Å²) in [6.45, 7) is 0. The maximum Gasteiger partial charge on any atom is 0.329 e. The average Bonchev–Trinajstić information content (AvgIpc) is 2.92. The van der Waals surface area contributed by atoms with Crippen molar-refractivity contribution >= 4 is 23.3 Å². The van der Waals surface area contributed by atoms with Crippen LogP contribution in [0.5, 0.6) is 11.5 Å². The fourth-order valence-electron chi connectivity index (χ4n) is 2.38. The number of aromatic amines is 1. The second-order valence-electron chi connectivity index (χ2n) is 5.25. The molecule has 0 fully saturated rings. The van der Waals surface area contributed by atoms with Crippen molar-refractivity contribution < 1.29 is 9.84 Å². The third kappa shape index (κ3) is 2.73. The van der Waals surface area contributed by atoms with E-state index in [1.165, 1.54) is 29.5 Å². The molecule has 0 amide bonds. The second kappa shape index (κ2) is 6.15. The number of para-hydroxylation sites is 1.